The number of nitrogens with zero attached hydrogens (tertiary/aromatic N) is 2. The van der Waals surface area contributed by atoms with Gasteiger partial charge in [-0.05, 0) is 41.5 Å². The number of methoxy groups -OCH3 is 1. The molecule has 0 fully saturated rings. The minimum atomic E-state index is 0. The highest BCUT2D eigenvalue weighted by molar-refractivity contribution is 14.0. The maximum absolute atomic E-state index is 5.79. The lowest BCUT2D eigenvalue weighted by Crippen LogP contribution is -2.38. The Kier molecular flexibility index (Phi) is 11.1. The third-order valence-corrected chi connectivity index (χ3v) is 4.44. The number of benzene rings is 2. The summed E-state index contributed by atoms with van der Waals surface area (Å²) < 4.78 is 16.7. The first-order valence-corrected chi connectivity index (χ1v) is 10.1. The Morgan fingerprint density at radius 3 is 2.38 bits per heavy atom. The van der Waals surface area contributed by atoms with E-state index in [1.165, 1.54) is 0 Å². The minimum absolute atomic E-state index is 0. The predicted octanol–water partition coefficient (Wildman–Crippen LogP) is 4.03. The van der Waals surface area contributed by atoms with E-state index in [4.69, 9.17) is 14.2 Å². The Bertz CT molecular complexity index is 953. The molecule has 0 aliphatic carbocycles. The van der Waals surface area contributed by atoms with E-state index >= 15 is 0 Å². The molecule has 1 aromatic heterocycles. The van der Waals surface area contributed by atoms with E-state index in [1.807, 2.05) is 66.7 Å². The number of aliphatic imine (C=N–C) groups is 1. The fourth-order valence-corrected chi connectivity index (χ4v) is 2.79. The number of pyridine rings is 1. The van der Waals surface area contributed by atoms with Crippen molar-refractivity contribution in [2.75, 3.05) is 27.3 Å². The molecular formula is C24H29IN4O3. The lowest BCUT2D eigenvalue weighted by Gasteiger charge is -2.13. The zero-order valence-corrected chi connectivity index (χ0v) is 20.6. The van der Waals surface area contributed by atoms with Crippen LogP contribution in [0.2, 0.25) is 0 Å². The monoisotopic (exact) mass is 548 g/mol. The molecule has 0 saturated carbocycles. The van der Waals surface area contributed by atoms with Gasteiger partial charge in [-0.25, -0.2) is 4.98 Å². The largest absolute Gasteiger partial charge is 0.497 e. The van der Waals surface area contributed by atoms with Crippen LogP contribution in [0.4, 0.5) is 0 Å². The van der Waals surface area contributed by atoms with Crippen LogP contribution in [0.25, 0.3) is 0 Å². The smallest absolute Gasteiger partial charge is 0.213 e. The van der Waals surface area contributed by atoms with Crippen LogP contribution in [0.3, 0.4) is 0 Å². The highest BCUT2D eigenvalue weighted by Gasteiger charge is 2.02. The van der Waals surface area contributed by atoms with Gasteiger partial charge in [0.15, 0.2) is 5.96 Å². The lowest BCUT2D eigenvalue weighted by atomic mass is 10.2. The minimum Gasteiger partial charge on any atom is -0.497 e. The molecule has 0 aliphatic heterocycles. The Labute approximate surface area is 206 Å². The van der Waals surface area contributed by atoms with Crippen LogP contribution < -0.4 is 24.8 Å². The number of guanidine groups is 1. The first kappa shape index (κ1) is 25.3. The molecule has 0 bridgehead atoms. The molecule has 1 heterocycles. The molecule has 3 rings (SSSR count). The van der Waals surface area contributed by atoms with Crippen molar-refractivity contribution in [3.63, 3.8) is 0 Å². The predicted molar refractivity (Wildman–Crippen MR) is 137 cm³/mol. The first-order chi connectivity index (χ1) is 15.3. The van der Waals surface area contributed by atoms with Gasteiger partial charge in [0.25, 0.3) is 0 Å². The highest BCUT2D eigenvalue weighted by atomic mass is 127. The molecule has 0 spiro atoms. The summed E-state index contributed by atoms with van der Waals surface area (Å²) in [5.41, 5.74) is 2.16. The molecule has 7 nitrogen and oxygen atoms in total. The molecule has 2 N–H and O–H groups in total. The van der Waals surface area contributed by atoms with Gasteiger partial charge in [0, 0.05) is 25.9 Å². The van der Waals surface area contributed by atoms with Gasteiger partial charge in [-0.15, -0.1) is 24.0 Å². The summed E-state index contributed by atoms with van der Waals surface area (Å²) in [7, 11) is 3.38. The van der Waals surface area contributed by atoms with Gasteiger partial charge in [-0.1, -0.05) is 30.3 Å². The third kappa shape index (κ3) is 8.62. The lowest BCUT2D eigenvalue weighted by molar-refractivity contribution is 0.293. The van der Waals surface area contributed by atoms with Crippen LogP contribution in [-0.2, 0) is 13.2 Å². The highest BCUT2D eigenvalue weighted by Crippen LogP contribution is 2.16. The van der Waals surface area contributed by atoms with Crippen LogP contribution >= 0.6 is 24.0 Å². The number of ether oxygens (including phenoxy) is 3. The number of halogens is 1. The van der Waals surface area contributed by atoms with Gasteiger partial charge < -0.3 is 24.8 Å². The van der Waals surface area contributed by atoms with Crippen molar-refractivity contribution in [3.05, 3.63) is 84.1 Å². The Hall–Kier alpha value is -3.01. The van der Waals surface area contributed by atoms with Crippen molar-refractivity contribution in [2.45, 2.75) is 13.2 Å². The normalized spacial score (nSPS) is 10.6. The fraction of sp³-hybridized carbons (Fsp3) is 0.250. The second-order valence-corrected chi connectivity index (χ2v) is 6.65. The van der Waals surface area contributed by atoms with E-state index in [-0.39, 0.29) is 24.0 Å². The maximum atomic E-state index is 5.79. The van der Waals surface area contributed by atoms with Gasteiger partial charge in [0.1, 0.15) is 24.7 Å². The van der Waals surface area contributed by atoms with E-state index in [9.17, 15) is 0 Å². The summed E-state index contributed by atoms with van der Waals surface area (Å²) in [5.74, 6) is 2.89. The molecule has 32 heavy (non-hydrogen) atoms. The number of nitrogens with one attached hydrogen (secondary N) is 2. The number of hydrogen-bond donors (Lipinski definition) is 2. The molecule has 8 heteroatoms. The molecule has 3 aromatic rings. The average Bonchev–Trinajstić information content (AvgIpc) is 2.83. The Morgan fingerprint density at radius 1 is 0.906 bits per heavy atom. The molecule has 0 atom stereocenters. The SMILES string of the molecule is CN=C(NCCOc1ccc(OC)cc1)NCc1ccnc(OCc2ccccc2)c1.I. The van der Waals surface area contributed by atoms with Crippen LogP contribution in [0.1, 0.15) is 11.1 Å². The molecule has 0 amide bonds. The third-order valence-electron chi connectivity index (χ3n) is 4.44. The van der Waals surface area contributed by atoms with Gasteiger partial charge >= 0.3 is 0 Å². The van der Waals surface area contributed by atoms with Crippen LogP contribution in [0, 0.1) is 0 Å². The van der Waals surface area contributed by atoms with E-state index in [0.717, 1.165) is 22.6 Å². The summed E-state index contributed by atoms with van der Waals surface area (Å²) >= 11 is 0. The van der Waals surface area contributed by atoms with E-state index in [0.29, 0.717) is 38.1 Å². The summed E-state index contributed by atoms with van der Waals surface area (Å²) in [6.07, 6.45) is 1.75. The van der Waals surface area contributed by atoms with Gasteiger partial charge in [-0.3, -0.25) is 4.99 Å². The zero-order chi connectivity index (χ0) is 21.7. The molecule has 170 valence electrons. The summed E-state index contributed by atoms with van der Waals surface area (Å²) in [6, 6.07) is 21.4. The van der Waals surface area contributed by atoms with Crippen molar-refractivity contribution in [2.24, 2.45) is 4.99 Å². The van der Waals surface area contributed by atoms with E-state index in [2.05, 4.69) is 20.6 Å². The molecule has 0 unspecified atom stereocenters. The molecular weight excluding hydrogens is 519 g/mol. The number of rotatable bonds is 10. The average molecular weight is 548 g/mol. The zero-order valence-electron chi connectivity index (χ0n) is 18.3. The quantitative estimate of drug-likeness (QED) is 0.173. The van der Waals surface area contributed by atoms with Crippen molar-refractivity contribution in [3.8, 4) is 17.4 Å². The molecule has 0 saturated heterocycles. The van der Waals surface area contributed by atoms with Gasteiger partial charge in [-0.2, -0.15) is 0 Å². The van der Waals surface area contributed by atoms with Crippen LogP contribution in [-0.4, -0.2) is 38.3 Å². The molecule has 0 radical (unpaired) electrons. The number of hydrogen-bond acceptors (Lipinski definition) is 5. The molecule has 2 aromatic carbocycles. The standard InChI is InChI=1S/C24H28N4O3.HI/c1-25-24(27-14-15-30-22-10-8-21(29-2)9-11-22)28-17-20-12-13-26-23(16-20)31-18-19-6-4-3-5-7-19;/h3-13,16H,14-15,17-18H2,1-2H3,(H2,25,27,28);1H. The van der Waals surface area contributed by atoms with Gasteiger partial charge in [0.05, 0.1) is 13.7 Å². The summed E-state index contributed by atoms with van der Waals surface area (Å²) in [5, 5.41) is 6.52. The van der Waals surface area contributed by atoms with Crippen LogP contribution in [0.15, 0.2) is 77.9 Å². The second kappa shape index (κ2) is 14.1. The Balaban J connectivity index is 0.00000363. The van der Waals surface area contributed by atoms with Crippen LogP contribution in [0.5, 0.6) is 17.4 Å². The van der Waals surface area contributed by atoms with E-state index < -0.39 is 0 Å². The van der Waals surface area contributed by atoms with Crippen molar-refractivity contribution in [1.82, 2.24) is 15.6 Å². The summed E-state index contributed by atoms with van der Waals surface area (Å²) in [4.78, 5) is 8.53. The number of aromatic nitrogens is 1. The second-order valence-electron chi connectivity index (χ2n) is 6.65. The van der Waals surface area contributed by atoms with E-state index in [1.54, 1.807) is 20.4 Å². The topological polar surface area (TPSA) is 77.0 Å². The Morgan fingerprint density at radius 2 is 1.66 bits per heavy atom. The van der Waals surface area contributed by atoms with Crippen molar-refractivity contribution < 1.29 is 14.2 Å². The summed E-state index contributed by atoms with van der Waals surface area (Å²) in [6.45, 7) is 2.22. The first-order valence-electron chi connectivity index (χ1n) is 10.1. The molecule has 0 aliphatic rings. The maximum Gasteiger partial charge on any atom is 0.213 e. The fourth-order valence-electron chi connectivity index (χ4n) is 2.79. The van der Waals surface area contributed by atoms with Crippen molar-refractivity contribution >= 4 is 29.9 Å². The van der Waals surface area contributed by atoms with Crippen molar-refractivity contribution in [1.29, 1.82) is 0 Å². The van der Waals surface area contributed by atoms with Gasteiger partial charge in [0.2, 0.25) is 5.88 Å².